The molecule has 1 aliphatic rings. The first-order chi connectivity index (χ1) is 10.0. The summed E-state index contributed by atoms with van der Waals surface area (Å²) < 4.78 is 0. The molecule has 1 saturated heterocycles. The van der Waals surface area contributed by atoms with Gasteiger partial charge in [-0.25, -0.2) is 9.97 Å². The van der Waals surface area contributed by atoms with Crippen molar-refractivity contribution in [2.24, 2.45) is 5.84 Å². The lowest BCUT2D eigenvalue weighted by Crippen LogP contribution is -2.35. The van der Waals surface area contributed by atoms with Gasteiger partial charge in [0.15, 0.2) is 5.69 Å². The number of anilines is 1. The third-order valence-corrected chi connectivity index (χ3v) is 3.28. The maximum absolute atomic E-state index is 12.6. The predicted octanol–water partition coefficient (Wildman–Crippen LogP) is -0.152. The Morgan fingerprint density at radius 2 is 2.24 bits per heavy atom. The highest BCUT2D eigenvalue weighted by molar-refractivity contribution is 5.97. The number of hydrogen-bond acceptors (Lipinski definition) is 6. The summed E-state index contributed by atoms with van der Waals surface area (Å²) in [5.74, 6) is 5.83. The number of nitrogens with zero attached hydrogens (tertiary/aromatic N) is 3. The Kier molecular flexibility index (Phi) is 4.69. The summed E-state index contributed by atoms with van der Waals surface area (Å²) in [6.07, 6.45) is 1.80. The van der Waals surface area contributed by atoms with Gasteiger partial charge in [0.1, 0.15) is 5.82 Å². The van der Waals surface area contributed by atoms with Crippen LogP contribution in [0.25, 0.3) is 0 Å². The van der Waals surface area contributed by atoms with Crippen LogP contribution >= 0.6 is 0 Å². The Hall–Kier alpha value is -2.22. The average molecular weight is 292 g/mol. The number of carbonyl (C=O) groups is 2. The molecule has 0 saturated carbocycles. The summed E-state index contributed by atoms with van der Waals surface area (Å²) in [4.78, 5) is 34.1. The molecule has 114 valence electrons. The van der Waals surface area contributed by atoms with Gasteiger partial charge >= 0.3 is 0 Å². The fraction of sp³-hybridized carbons (Fsp3) is 0.538. The van der Waals surface area contributed by atoms with E-state index in [0.717, 1.165) is 0 Å². The number of amides is 2. The zero-order valence-corrected chi connectivity index (χ0v) is 12.2. The summed E-state index contributed by atoms with van der Waals surface area (Å²) >= 11 is 0. The van der Waals surface area contributed by atoms with Gasteiger partial charge in [-0.1, -0.05) is 13.8 Å². The second-order valence-corrected chi connectivity index (χ2v) is 5.18. The van der Waals surface area contributed by atoms with Crippen molar-refractivity contribution in [2.45, 2.75) is 26.2 Å². The van der Waals surface area contributed by atoms with E-state index in [-0.39, 0.29) is 23.4 Å². The molecule has 0 aliphatic carbocycles. The van der Waals surface area contributed by atoms with E-state index in [1.165, 1.54) is 6.20 Å². The zero-order chi connectivity index (χ0) is 15.4. The van der Waals surface area contributed by atoms with E-state index in [4.69, 9.17) is 5.84 Å². The van der Waals surface area contributed by atoms with Crippen molar-refractivity contribution in [2.75, 3.05) is 25.1 Å². The van der Waals surface area contributed by atoms with Crippen LogP contribution in [0.1, 0.15) is 42.5 Å². The van der Waals surface area contributed by atoms with Crippen LogP contribution in [-0.4, -0.2) is 46.3 Å². The Morgan fingerprint density at radius 1 is 1.48 bits per heavy atom. The van der Waals surface area contributed by atoms with Gasteiger partial charge in [0.05, 0.1) is 11.9 Å². The van der Waals surface area contributed by atoms with Gasteiger partial charge in [0.25, 0.3) is 5.91 Å². The molecule has 1 aromatic heterocycles. The molecule has 1 aromatic rings. The molecule has 0 spiro atoms. The minimum absolute atomic E-state index is 0.0481. The molecule has 0 bridgehead atoms. The molecule has 8 nitrogen and oxygen atoms in total. The van der Waals surface area contributed by atoms with Gasteiger partial charge < -0.3 is 15.6 Å². The maximum atomic E-state index is 12.6. The first-order valence-corrected chi connectivity index (χ1v) is 6.92. The SMILES string of the molecule is CC(C)c1ncc(NN)c(C(=O)N2CCNC(=O)CC2)n1. The van der Waals surface area contributed by atoms with Crippen LogP contribution in [0.15, 0.2) is 6.20 Å². The van der Waals surface area contributed by atoms with E-state index in [9.17, 15) is 9.59 Å². The molecule has 0 aromatic carbocycles. The predicted molar refractivity (Wildman–Crippen MR) is 77.5 cm³/mol. The maximum Gasteiger partial charge on any atom is 0.274 e. The van der Waals surface area contributed by atoms with E-state index in [0.29, 0.717) is 37.6 Å². The van der Waals surface area contributed by atoms with E-state index in [1.54, 1.807) is 4.90 Å². The first-order valence-electron chi connectivity index (χ1n) is 6.92. The molecule has 1 aliphatic heterocycles. The lowest BCUT2D eigenvalue weighted by Gasteiger charge is -2.20. The number of nitrogens with two attached hydrogens (primary N) is 1. The van der Waals surface area contributed by atoms with Crippen molar-refractivity contribution < 1.29 is 9.59 Å². The summed E-state index contributed by atoms with van der Waals surface area (Å²) in [5.41, 5.74) is 3.07. The van der Waals surface area contributed by atoms with E-state index >= 15 is 0 Å². The number of hydrazine groups is 1. The second-order valence-electron chi connectivity index (χ2n) is 5.18. The minimum Gasteiger partial charge on any atom is -0.354 e. The van der Waals surface area contributed by atoms with Gasteiger partial charge in [0, 0.05) is 32.0 Å². The number of nitrogen functional groups attached to an aromatic ring is 1. The summed E-state index contributed by atoms with van der Waals surface area (Å²) in [5, 5.41) is 2.73. The molecule has 0 atom stereocenters. The molecular formula is C13H20N6O2. The van der Waals surface area contributed by atoms with Crippen molar-refractivity contribution in [1.29, 1.82) is 0 Å². The smallest absolute Gasteiger partial charge is 0.274 e. The van der Waals surface area contributed by atoms with Gasteiger partial charge in [0.2, 0.25) is 5.91 Å². The standard InChI is InChI=1S/C13H20N6O2/c1-8(2)12-16-7-9(18-14)11(17-12)13(21)19-5-3-10(20)15-4-6-19/h7-8,18H,3-6,14H2,1-2H3,(H,15,20). The van der Waals surface area contributed by atoms with Crippen molar-refractivity contribution in [1.82, 2.24) is 20.2 Å². The highest BCUT2D eigenvalue weighted by Gasteiger charge is 2.24. The molecule has 0 unspecified atom stereocenters. The van der Waals surface area contributed by atoms with Crippen LogP contribution in [0.3, 0.4) is 0 Å². The Labute approximate surface area is 123 Å². The number of rotatable bonds is 3. The lowest BCUT2D eigenvalue weighted by molar-refractivity contribution is -0.120. The topological polar surface area (TPSA) is 113 Å². The van der Waals surface area contributed by atoms with E-state index < -0.39 is 0 Å². The van der Waals surface area contributed by atoms with Crippen LogP contribution in [0.4, 0.5) is 5.69 Å². The van der Waals surface area contributed by atoms with Crippen LogP contribution in [0.2, 0.25) is 0 Å². The summed E-state index contributed by atoms with van der Waals surface area (Å²) in [7, 11) is 0. The monoisotopic (exact) mass is 292 g/mol. The number of hydrogen-bond donors (Lipinski definition) is 3. The first kappa shape index (κ1) is 15.2. The molecular weight excluding hydrogens is 272 g/mol. The molecule has 2 amide bonds. The van der Waals surface area contributed by atoms with Crippen LogP contribution in [0.5, 0.6) is 0 Å². The van der Waals surface area contributed by atoms with E-state index in [1.807, 2.05) is 13.8 Å². The van der Waals surface area contributed by atoms with Crippen molar-refractivity contribution >= 4 is 17.5 Å². The number of aromatic nitrogens is 2. The molecule has 4 N–H and O–H groups in total. The van der Waals surface area contributed by atoms with Crippen LogP contribution in [0, 0.1) is 0 Å². The number of nitrogens with one attached hydrogen (secondary N) is 2. The van der Waals surface area contributed by atoms with Gasteiger partial charge in [-0.15, -0.1) is 0 Å². The van der Waals surface area contributed by atoms with Gasteiger partial charge in [-0.05, 0) is 0 Å². The fourth-order valence-corrected chi connectivity index (χ4v) is 2.06. The van der Waals surface area contributed by atoms with Crippen molar-refractivity contribution in [3.63, 3.8) is 0 Å². The van der Waals surface area contributed by atoms with Crippen LogP contribution in [-0.2, 0) is 4.79 Å². The van der Waals surface area contributed by atoms with Crippen LogP contribution < -0.4 is 16.6 Å². The Bertz CT molecular complexity index is 545. The minimum atomic E-state index is -0.247. The molecule has 0 radical (unpaired) electrons. The Morgan fingerprint density at radius 3 is 2.90 bits per heavy atom. The zero-order valence-electron chi connectivity index (χ0n) is 12.2. The molecule has 21 heavy (non-hydrogen) atoms. The fourth-order valence-electron chi connectivity index (χ4n) is 2.06. The molecule has 2 heterocycles. The quantitative estimate of drug-likeness (QED) is 0.527. The summed E-state index contributed by atoms with van der Waals surface area (Å²) in [6.45, 7) is 5.17. The average Bonchev–Trinajstić information content (AvgIpc) is 2.70. The van der Waals surface area contributed by atoms with Crippen molar-refractivity contribution in [3.05, 3.63) is 17.7 Å². The van der Waals surface area contributed by atoms with Crippen molar-refractivity contribution in [3.8, 4) is 0 Å². The molecule has 1 fully saturated rings. The highest BCUT2D eigenvalue weighted by Crippen LogP contribution is 2.17. The molecule has 8 heteroatoms. The summed E-state index contributed by atoms with van der Waals surface area (Å²) in [6, 6.07) is 0. The third kappa shape index (κ3) is 3.46. The van der Waals surface area contributed by atoms with Gasteiger partial charge in [-0.2, -0.15) is 0 Å². The lowest BCUT2D eigenvalue weighted by atomic mass is 10.2. The molecule has 2 rings (SSSR count). The Balaban J connectivity index is 2.28. The van der Waals surface area contributed by atoms with Gasteiger partial charge in [-0.3, -0.25) is 15.4 Å². The normalized spacial score (nSPS) is 15.6. The number of carbonyl (C=O) groups excluding carboxylic acids is 2. The third-order valence-electron chi connectivity index (χ3n) is 3.28. The largest absolute Gasteiger partial charge is 0.354 e. The second kappa shape index (κ2) is 6.49. The highest BCUT2D eigenvalue weighted by atomic mass is 16.2. The van der Waals surface area contributed by atoms with E-state index in [2.05, 4.69) is 20.7 Å².